The summed E-state index contributed by atoms with van der Waals surface area (Å²) in [5, 5.41) is 5.07. The van der Waals surface area contributed by atoms with Gasteiger partial charge in [0.15, 0.2) is 11.5 Å². The lowest BCUT2D eigenvalue weighted by atomic mass is 10.2. The number of halogens is 3. The van der Waals surface area contributed by atoms with Gasteiger partial charge >= 0.3 is 0 Å². The molecule has 0 atom stereocenters. The Morgan fingerprint density at radius 1 is 1.11 bits per heavy atom. The molecule has 1 aromatic heterocycles. The summed E-state index contributed by atoms with van der Waals surface area (Å²) in [6, 6.07) is 15.3. The molecule has 0 aliphatic carbocycles. The smallest absolute Gasteiger partial charge is 0.282 e. The molecule has 0 amide bonds. The van der Waals surface area contributed by atoms with Crippen molar-refractivity contribution in [3.8, 4) is 17.2 Å². The summed E-state index contributed by atoms with van der Waals surface area (Å²) >= 11 is 7.96. The first-order chi connectivity index (χ1) is 17.4. The lowest BCUT2D eigenvalue weighted by Crippen LogP contribution is -2.22. The molecule has 4 aromatic rings. The number of hydrogen-bond acceptors (Lipinski definition) is 6. The fourth-order valence-electron chi connectivity index (χ4n) is 3.80. The van der Waals surface area contributed by atoms with Crippen LogP contribution in [0.25, 0.3) is 10.9 Å². The minimum absolute atomic E-state index is 0.186. The van der Waals surface area contributed by atoms with Crippen LogP contribution in [0, 0.1) is 7.14 Å². The van der Waals surface area contributed by atoms with Crippen LogP contribution in [0.5, 0.6) is 17.2 Å². The number of ether oxygens (including phenoxy) is 3. The molecule has 1 aliphatic rings. The fraction of sp³-hybridized carbons (Fsp3) is 0.192. The third-order valence-corrected chi connectivity index (χ3v) is 7.61. The van der Waals surface area contributed by atoms with Crippen molar-refractivity contribution in [2.45, 2.75) is 26.4 Å². The average molecular weight is 772 g/mol. The van der Waals surface area contributed by atoms with Crippen molar-refractivity contribution in [2.24, 2.45) is 5.10 Å². The Labute approximate surface area is 243 Å². The van der Waals surface area contributed by atoms with E-state index in [2.05, 4.69) is 73.1 Å². The molecule has 0 unspecified atom stereocenters. The van der Waals surface area contributed by atoms with E-state index in [1.807, 2.05) is 42.5 Å². The summed E-state index contributed by atoms with van der Waals surface area (Å²) in [7, 11) is 0. The minimum atomic E-state index is -0.186. The second-order valence-corrected chi connectivity index (χ2v) is 11.3. The summed E-state index contributed by atoms with van der Waals surface area (Å²) in [5.74, 6) is 2.93. The van der Waals surface area contributed by atoms with Gasteiger partial charge < -0.3 is 14.2 Å². The first kappa shape index (κ1) is 25.5. The number of nitrogens with zero attached hydrogens (tertiary/aromatic N) is 3. The Morgan fingerprint density at radius 2 is 1.89 bits per heavy atom. The molecule has 0 fully saturated rings. The minimum Gasteiger partial charge on any atom is -0.487 e. The molecule has 5 rings (SSSR count). The van der Waals surface area contributed by atoms with E-state index in [9.17, 15) is 4.79 Å². The van der Waals surface area contributed by atoms with Crippen molar-refractivity contribution in [3.63, 3.8) is 0 Å². The van der Waals surface area contributed by atoms with Gasteiger partial charge in [0.2, 0.25) is 6.79 Å². The van der Waals surface area contributed by atoms with Gasteiger partial charge in [-0.15, -0.1) is 0 Å². The van der Waals surface area contributed by atoms with E-state index in [0.717, 1.165) is 46.4 Å². The quantitative estimate of drug-likeness (QED) is 0.158. The molecule has 3 aromatic carbocycles. The van der Waals surface area contributed by atoms with E-state index in [-0.39, 0.29) is 12.4 Å². The largest absolute Gasteiger partial charge is 0.487 e. The van der Waals surface area contributed by atoms with E-state index < -0.39 is 0 Å². The predicted octanol–water partition coefficient (Wildman–Crippen LogP) is 6.51. The first-order valence-corrected chi connectivity index (χ1v) is 14.1. The maximum Gasteiger partial charge on any atom is 0.282 e. The second kappa shape index (κ2) is 11.1. The molecule has 0 bridgehead atoms. The van der Waals surface area contributed by atoms with Crippen LogP contribution in [0.4, 0.5) is 0 Å². The SMILES string of the molecule is CCCc1nc2ccc(Br)cc2c(=O)n1N=Cc1cc(I)c(OCc2ccc3c(c2)OCO3)c(I)c1. The molecule has 36 heavy (non-hydrogen) atoms. The number of aryl methyl sites for hydroxylation is 1. The zero-order valence-corrected chi connectivity index (χ0v) is 25.0. The molecule has 1 aliphatic heterocycles. The molecular weight excluding hydrogens is 752 g/mol. The van der Waals surface area contributed by atoms with Crippen molar-refractivity contribution in [1.82, 2.24) is 9.66 Å². The zero-order chi connectivity index (χ0) is 25.2. The van der Waals surface area contributed by atoms with Crippen molar-refractivity contribution in [1.29, 1.82) is 0 Å². The third-order valence-electron chi connectivity index (χ3n) is 5.51. The van der Waals surface area contributed by atoms with Crippen LogP contribution in [-0.4, -0.2) is 22.7 Å². The van der Waals surface area contributed by atoms with Crippen LogP contribution in [0.15, 0.2) is 62.9 Å². The topological polar surface area (TPSA) is 74.9 Å². The Morgan fingerprint density at radius 3 is 2.67 bits per heavy atom. The van der Waals surface area contributed by atoms with Crippen LogP contribution in [0.2, 0.25) is 0 Å². The van der Waals surface area contributed by atoms with Crippen molar-refractivity contribution in [2.75, 3.05) is 6.79 Å². The van der Waals surface area contributed by atoms with Crippen LogP contribution in [0.3, 0.4) is 0 Å². The maximum absolute atomic E-state index is 13.2. The van der Waals surface area contributed by atoms with E-state index in [0.29, 0.717) is 29.8 Å². The molecule has 0 N–H and O–H groups in total. The van der Waals surface area contributed by atoms with E-state index in [1.165, 1.54) is 4.68 Å². The second-order valence-electron chi connectivity index (χ2n) is 8.09. The Bertz CT molecular complexity index is 1530. The van der Waals surface area contributed by atoms with Gasteiger partial charge in [-0.25, -0.2) is 4.98 Å². The third kappa shape index (κ3) is 5.40. The van der Waals surface area contributed by atoms with Gasteiger partial charge in [0.1, 0.15) is 18.2 Å². The lowest BCUT2D eigenvalue weighted by molar-refractivity contribution is 0.174. The van der Waals surface area contributed by atoms with Crippen LogP contribution >= 0.6 is 61.1 Å². The highest BCUT2D eigenvalue weighted by molar-refractivity contribution is 14.1. The number of benzene rings is 3. The van der Waals surface area contributed by atoms with E-state index in [1.54, 1.807) is 12.3 Å². The molecule has 184 valence electrons. The summed E-state index contributed by atoms with van der Waals surface area (Å²) < 4.78 is 21.1. The highest BCUT2D eigenvalue weighted by Crippen LogP contribution is 2.34. The summed E-state index contributed by atoms with van der Waals surface area (Å²) in [5.41, 5.74) is 2.35. The van der Waals surface area contributed by atoms with Gasteiger partial charge in [-0.3, -0.25) is 4.79 Å². The Hall–Kier alpha value is -2.19. The standard InChI is InChI=1S/C26H20BrI2N3O4/c1-2-3-24-31-21-6-5-17(27)11-18(21)26(33)32(24)30-12-16-8-19(28)25(20(29)9-16)34-13-15-4-7-22-23(10-15)36-14-35-22/h4-12H,2-3,13-14H2,1H3. The number of fused-ring (bicyclic) bond motifs is 2. The van der Waals surface area contributed by atoms with Crippen LogP contribution in [-0.2, 0) is 13.0 Å². The Balaban J connectivity index is 1.40. The highest BCUT2D eigenvalue weighted by Gasteiger charge is 2.15. The average Bonchev–Trinajstić information content (AvgIpc) is 3.32. The van der Waals surface area contributed by atoms with Gasteiger partial charge in [0.05, 0.1) is 24.3 Å². The summed E-state index contributed by atoms with van der Waals surface area (Å²) in [6.07, 6.45) is 3.20. The Kier molecular flexibility index (Phi) is 7.82. The zero-order valence-electron chi connectivity index (χ0n) is 19.1. The molecule has 0 radical (unpaired) electrons. The van der Waals surface area contributed by atoms with E-state index >= 15 is 0 Å². The monoisotopic (exact) mass is 771 g/mol. The van der Waals surface area contributed by atoms with E-state index in [4.69, 9.17) is 19.2 Å². The van der Waals surface area contributed by atoms with Gasteiger partial charge in [0, 0.05) is 10.9 Å². The van der Waals surface area contributed by atoms with Crippen molar-refractivity contribution >= 4 is 78.2 Å². The number of hydrogen-bond donors (Lipinski definition) is 0. The van der Waals surface area contributed by atoms with Crippen molar-refractivity contribution in [3.05, 3.63) is 87.4 Å². The highest BCUT2D eigenvalue weighted by atomic mass is 127. The number of rotatable bonds is 7. The molecule has 7 nitrogen and oxygen atoms in total. The molecule has 2 heterocycles. The summed E-state index contributed by atoms with van der Waals surface area (Å²) in [4.78, 5) is 17.9. The van der Waals surface area contributed by atoms with Gasteiger partial charge in [-0.1, -0.05) is 28.9 Å². The fourth-order valence-corrected chi connectivity index (χ4v) is 6.29. The maximum atomic E-state index is 13.2. The number of aromatic nitrogens is 2. The van der Waals surface area contributed by atoms with Gasteiger partial charge in [-0.05, 0) is 105 Å². The molecular formula is C26H20BrI2N3O4. The first-order valence-electron chi connectivity index (χ1n) is 11.2. The summed E-state index contributed by atoms with van der Waals surface area (Å²) in [6.45, 7) is 2.71. The predicted molar refractivity (Wildman–Crippen MR) is 159 cm³/mol. The molecule has 0 saturated carbocycles. The lowest BCUT2D eigenvalue weighted by Gasteiger charge is -2.12. The molecule has 0 saturated heterocycles. The van der Waals surface area contributed by atoms with Gasteiger partial charge in [-0.2, -0.15) is 9.78 Å². The molecule has 10 heteroatoms. The van der Waals surface area contributed by atoms with Gasteiger partial charge in [0.25, 0.3) is 5.56 Å². The molecule has 0 spiro atoms. The van der Waals surface area contributed by atoms with Crippen LogP contribution < -0.4 is 19.8 Å². The normalized spacial score (nSPS) is 12.6. The van der Waals surface area contributed by atoms with Crippen molar-refractivity contribution < 1.29 is 14.2 Å². The van der Waals surface area contributed by atoms with Crippen LogP contribution in [0.1, 0.15) is 30.3 Å².